The van der Waals surface area contributed by atoms with E-state index in [0.29, 0.717) is 17.8 Å². The molecule has 0 aliphatic heterocycles. The van der Waals surface area contributed by atoms with Gasteiger partial charge < -0.3 is 5.32 Å². The second-order valence-corrected chi connectivity index (χ2v) is 5.40. The minimum Gasteiger partial charge on any atom is -0.352 e. The van der Waals surface area contributed by atoms with Gasteiger partial charge in [-0.2, -0.15) is 5.10 Å². The van der Waals surface area contributed by atoms with E-state index >= 15 is 0 Å². The summed E-state index contributed by atoms with van der Waals surface area (Å²) in [5, 5.41) is 7.49. The summed E-state index contributed by atoms with van der Waals surface area (Å²) in [7, 11) is 0. The molecule has 0 aliphatic rings. The van der Waals surface area contributed by atoms with Gasteiger partial charge in [-0.25, -0.2) is 4.68 Å². The average molecular weight is 305 g/mol. The Bertz CT molecular complexity index is 804. The lowest BCUT2D eigenvalue weighted by atomic mass is 10.1. The Morgan fingerprint density at radius 3 is 2.43 bits per heavy atom. The van der Waals surface area contributed by atoms with E-state index in [1.54, 1.807) is 10.9 Å². The summed E-state index contributed by atoms with van der Waals surface area (Å²) in [4.78, 5) is 12.4. The molecule has 2 aromatic carbocycles. The van der Waals surface area contributed by atoms with E-state index in [9.17, 15) is 4.79 Å². The number of amides is 1. The van der Waals surface area contributed by atoms with Crippen LogP contribution in [0.2, 0.25) is 0 Å². The van der Waals surface area contributed by atoms with Crippen molar-refractivity contribution < 1.29 is 4.79 Å². The predicted octanol–water partition coefficient (Wildman–Crippen LogP) is 3.60. The van der Waals surface area contributed by atoms with Crippen LogP contribution >= 0.6 is 0 Å². The summed E-state index contributed by atoms with van der Waals surface area (Å²) in [5.74, 6) is -0.107. The van der Waals surface area contributed by atoms with Crippen molar-refractivity contribution in [3.8, 4) is 16.9 Å². The summed E-state index contributed by atoms with van der Waals surface area (Å²) in [5.41, 5.74) is 4.33. The molecule has 0 saturated carbocycles. The van der Waals surface area contributed by atoms with Crippen LogP contribution in [-0.4, -0.2) is 22.2 Å². The number of carbonyl (C=O) groups excluding carboxylic acids is 1. The van der Waals surface area contributed by atoms with Gasteiger partial charge in [0.1, 0.15) is 5.69 Å². The Morgan fingerprint density at radius 2 is 1.78 bits per heavy atom. The normalized spacial score (nSPS) is 10.5. The molecule has 0 atom stereocenters. The van der Waals surface area contributed by atoms with Gasteiger partial charge in [0.2, 0.25) is 0 Å². The molecule has 0 unspecified atom stereocenters. The van der Waals surface area contributed by atoms with Crippen LogP contribution in [0.4, 0.5) is 0 Å². The van der Waals surface area contributed by atoms with E-state index in [1.807, 2.05) is 68.4 Å². The zero-order valence-electron chi connectivity index (χ0n) is 13.3. The Hall–Kier alpha value is -2.88. The summed E-state index contributed by atoms with van der Waals surface area (Å²) >= 11 is 0. The van der Waals surface area contributed by atoms with E-state index in [2.05, 4.69) is 10.4 Å². The average Bonchev–Trinajstić information content (AvgIpc) is 3.02. The van der Waals surface area contributed by atoms with Crippen LogP contribution in [0.3, 0.4) is 0 Å². The largest absolute Gasteiger partial charge is 0.352 e. The fourth-order valence-electron chi connectivity index (χ4n) is 2.43. The van der Waals surface area contributed by atoms with Gasteiger partial charge in [0.25, 0.3) is 5.91 Å². The van der Waals surface area contributed by atoms with Gasteiger partial charge in [-0.15, -0.1) is 0 Å². The number of hydrogen-bond acceptors (Lipinski definition) is 2. The Morgan fingerprint density at radius 1 is 1.09 bits per heavy atom. The van der Waals surface area contributed by atoms with Crippen LogP contribution in [-0.2, 0) is 0 Å². The third-order valence-corrected chi connectivity index (χ3v) is 3.64. The van der Waals surface area contributed by atoms with Crippen molar-refractivity contribution in [2.45, 2.75) is 13.8 Å². The van der Waals surface area contributed by atoms with E-state index in [1.165, 1.54) is 5.56 Å². The van der Waals surface area contributed by atoms with Gasteiger partial charge in [0, 0.05) is 18.3 Å². The van der Waals surface area contributed by atoms with Crippen molar-refractivity contribution in [1.82, 2.24) is 15.1 Å². The van der Waals surface area contributed by atoms with Gasteiger partial charge in [-0.1, -0.05) is 48.0 Å². The molecule has 3 rings (SSSR count). The Kier molecular flexibility index (Phi) is 4.24. The van der Waals surface area contributed by atoms with Crippen molar-refractivity contribution in [2.24, 2.45) is 0 Å². The number of aryl methyl sites for hydroxylation is 1. The molecule has 1 amide bonds. The Labute approximate surface area is 135 Å². The molecule has 0 radical (unpaired) electrons. The van der Waals surface area contributed by atoms with Gasteiger partial charge in [0.15, 0.2) is 0 Å². The van der Waals surface area contributed by atoms with Gasteiger partial charge in [-0.05, 0) is 26.0 Å². The minimum absolute atomic E-state index is 0.107. The lowest BCUT2D eigenvalue weighted by Crippen LogP contribution is -2.22. The molecule has 23 heavy (non-hydrogen) atoms. The standard InChI is InChI=1S/C19H19N3O/c1-3-20-19(23)17-13-22(16-11-9-14(2)10-12-16)21-18(17)15-7-5-4-6-8-15/h4-13H,3H2,1-2H3,(H,20,23). The highest BCUT2D eigenvalue weighted by Crippen LogP contribution is 2.23. The van der Waals surface area contributed by atoms with Gasteiger partial charge in [0.05, 0.1) is 11.3 Å². The molecule has 3 aromatic rings. The predicted molar refractivity (Wildman–Crippen MR) is 91.7 cm³/mol. The highest BCUT2D eigenvalue weighted by Gasteiger charge is 2.17. The van der Waals surface area contributed by atoms with Crippen LogP contribution in [0.1, 0.15) is 22.8 Å². The van der Waals surface area contributed by atoms with E-state index < -0.39 is 0 Å². The Balaban J connectivity index is 2.10. The van der Waals surface area contributed by atoms with E-state index in [0.717, 1.165) is 11.3 Å². The third-order valence-electron chi connectivity index (χ3n) is 3.64. The molecule has 0 saturated heterocycles. The van der Waals surface area contributed by atoms with Gasteiger partial charge >= 0.3 is 0 Å². The molecular weight excluding hydrogens is 286 g/mol. The van der Waals surface area contributed by atoms with Crippen LogP contribution in [0.15, 0.2) is 60.8 Å². The second-order valence-electron chi connectivity index (χ2n) is 5.40. The number of nitrogens with zero attached hydrogens (tertiary/aromatic N) is 2. The molecule has 0 spiro atoms. The molecule has 0 fully saturated rings. The molecule has 0 aliphatic carbocycles. The first-order valence-corrected chi connectivity index (χ1v) is 7.69. The molecule has 0 bridgehead atoms. The third kappa shape index (κ3) is 3.16. The summed E-state index contributed by atoms with van der Waals surface area (Å²) in [6, 6.07) is 17.8. The second kappa shape index (κ2) is 6.48. The van der Waals surface area contributed by atoms with Crippen LogP contribution < -0.4 is 5.32 Å². The smallest absolute Gasteiger partial charge is 0.255 e. The van der Waals surface area contributed by atoms with Crippen molar-refractivity contribution >= 4 is 5.91 Å². The van der Waals surface area contributed by atoms with Crippen LogP contribution in [0.5, 0.6) is 0 Å². The maximum Gasteiger partial charge on any atom is 0.255 e. The number of nitrogens with one attached hydrogen (secondary N) is 1. The van der Waals surface area contributed by atoms with E-state index in [4.69, 9.17) is 0 Å². The number of rotatable bonds is 4. The maximum absolute atomic E-state index is 12.4. The fourth-order valence-corrected chi connectivity index (χ4v) is 2.43. The first kappa shape index (κ1) is 15.0. The fraction of sp³-hybridized carbons (Fsp3) is 0.158. The highest BCUT2D eigenvalue weighted by molar-refractivity contribution is 5.99. The highest BCUT2D eigenvalue weighted by atomic mass is 16.1. The first-order valence-electron chi connectivity index (χ1n) is 7.69. The number of benzene rings is 2. The molecule has 4 heteroatoms. The minimum atomic E-state index is -0.107. The quantitative estimate of drug-likeness (QED) is 0.800. The zero-order valence-corrected chi connectivity index (χ0v) is 13.3. The molecule has 116 valence electrons. The number of carbonyl (C=O) groups is 1. The lowest BCUT2D eigenvalue weighted by Gasteiger charge is -2.02. The number of hydrogen-bond donors (Lipinski definition) is 1. The lowest BCUT2D eigenvalue weighted by molar-refractivity contribution is 0.0956. The SMILES string of the molecule is CCNC(=O)c1cn(-c2ccc(C)cc2)nc1-c1ccccc1. The molecule has 1 aromatic heterocycles. The molecular formula is C19H19N3O. The summed E-state index contributed by atoms with van der Waals surface area (Å²) < 4.78 is 1.76. The first-order chi connectivity index (χ1) is 11.2. The van der Waals surface area contributed by atoms with Crippen molar-refractivity contribution in [2.75, 3.05) is 6.54 Å². The van der Waals surface area contributed by atoms with Crippen LogP contribution in [0.25, 0.3) is 16.9 Å². The topological polar surface area (TPSA) is 46.9 Å². The van der Waals surface area contributed by atoms with Crippen molar-refractivity contribution in [3.05, 3.63) is 71.9 Å². The molecule has 1 heterocycles. The van der Waals surface area contributed by atoms with E-state index in [-0.39, 0.29) is 5.91 Å². The van der Waals surface area contributed by atoms with Crippen molar-refractivity contribution in [3.63, 3.8) is 0 Å². The van der Waals surface area contributed by atoms with Gasteiger partial charge in [-0.3, -0.25) is 4.79 Å². The van der Waals surface area contributed by atoms with Crippen molar-refractivity contribution in [1.29, 1.82) is 0 Å². The summed E-state index contributed by atoms with van der Waals surface area (Å²) in [6.07, 6.45) is 1.79. The van der Waals surface area contributed by atoms with Crippen LogP contribution in [0, 0.1) is 6.92 Å². The summed E-state index contributed by atoms with van der Waals surface area (Å²) in [6.45, 7) is 4.54. The number of aromatic nitrogens is 2. The maximum atomic E-state index is 12.4. The monoisotopic (exact) mass is 305 g/mol. The zero-order chi connectivity index (χ0) is 16.2. The molecule has 1 N–H and O–H groups in total. The molecule has 4 nitrogen and oxygen atoms in total.